The summed E-state index contributed by atoms with van der Waals surface area (Å²) < 4.78 is 61.7. The molecule has 10 nitrogen and oxygen atoms in total. The molecule has 0 radical (unpaired) electrons. The molecule has 2 aliphatic rings. The van der Waals surface area contributed by atoms with Crippen molar-refractivity contribution in [3.8, 4) is 5.75 Å². The molecule has 45 heavy (non-hydrogen) atoms. The SMILES string of the molecule is CC(C)C[C@H](NC(=O)C(=O)N1CCCc2ccccc21)C(=O)NC(C)C(=O)[C@@H](Oc1c(F)c(F)cc(F)c1F)[C@@H]1CCNC1=O. The largest absolute Gasteiger partial charge is 0.475 e. The first kappa shape index (κ1) is 33.4. The molecule has 3 N–H and O–H groups in total. The van der Waals surface area contributed by atoms with Crippen molar-refractivity contribution in [1.29, 1.82) is 0 Å². The van der Waals surface area contributed by atoms with Gasteiger partial charge in [-0.05, 0) is 50.2 Å². The lowest BCUT2D eigenvalue weighted by Gasteiger charge is -2.30. The minimum atomic E-state index is -1.94. The molecule has 14 heteroatoms. The maximum atomic E-state index is 14.4. The molecule has 2 aromatic rings. The molecule has 4 rings (SSSR count). The number of ketones is 1. The molecule has 0 spiro atoms. The first-order chi connectivity index (χ1) is 21.3. The highest BCUT2D eigenvalue weighted by atomic mass is 19.2. The zero-order chi connectivity index (χ0) is 33.0. The van der Waals surface area contributed by atoms with E-state index in [-0.39, 0.29) is 31.4 Å². The van der Waals surface area contributed by atoms with Gasteiger partial charge in [0.1, 0.15) is 6.04 Å². The molecule has 0 aromatic heterocycles. The quantitative estimate of drug-likeness (QED) is 0.209. The summed E-state index contributed by atoms with van der Waals surface area (Å²) >= 11 is 0. The predicted molar refractivity (Wildman–Crippen MR) is 153 cm³/mol. The molecule has 0 saturated carbocycles. The number of Topliss-reactive ketones (excluding diaryl/α,β-unsaturated/α-hetero) is 1. The Labute approximate surface area is 256 Å². The molecule has 2 heterocycles. The molecular formula is C31H34F4N4O6. The Morgan fingerprint density at radius 1 is 1.02 bits per heavy atom. The minimum Gasteiger partial charge on any atom is -0.475 e. The van der Waals surface area contributed by atoms with Crippen LogP contribution in [-0.4, -0.2) is 60.7 Å². The van der Waals surface area contributed by atoms with E-state index in [1.54, 1.807) is 26.0 Å². The van der Waals surface area contributed by atoms with Crippen LogP contribution in [0.1, 0.15) is 45.6 Å². The number of rotatable bonds is 10. The summed E-state index contributed by atoms with van der Waals surface area (Å²) in [5.74, 6) is -14.8. The number of amides is 4. The van der Waals surface area contributed by atoms with Gasteiger partial charge in [-0.3, -0.25) is 24.0 Å². The molecular weight excluding hydrogens is 600 g/mol. The number of hydrogen-bond acceptors (Lipinski definition) is 6. The van der Waals surface area contributed by atoms with Gasteiger partial charge < -0.3 is 25.6 Å². The van der Waals surface area contributed by atoms with Gasteiger partial charge in [0.2, 0.25) is 23.4 Å². The van der Waals surface area contributed by atoms with E-state index in [0.29, 0.717) is 18.7 Å². The van der Waals surface area contributed by atoms with E-state index in [1.165, 1.54) is 11.8 Å². The number of halogens is 4. The summed E-state index contributed by atoms with van der Waals surface area (Å²) in [6.07, 6.45) is -0.486. The van der Waals surface area contributed by atoms with Crippen LogP contribution in [0.5, 0.6) is 5.75 Å². The van der Waals surface area contributed by atoms with Crippen LogP contribution in [0, 0.1) is 35.1 Å². The average Bonchev–Trinajstić information content (AvgIpc) is 3.43. The van der Waals surface area contributed by atoms with Crippen LogP contribution in [0.4, 0.5) is 23.2 Å². The number of aryl methyl sites for hydroxylation is 1. The van der Waals surface area contributed by atoms with E-state index in [2.05, 4.69) is 16.0 Å². The molecule has 4 amide bonds. The topological polar surface area (TPSA) is 134 Å². The van der Waals surface area contributed by atoms with Gasteiger partial charge >= 0.3 is 11.8 Å². The summed E-state index contributed by atoms with van der Waals surface area (Å²) in [6.45, 7) is 5.16. The van der Waals surface area contributed by atoms with Crippen LogP contribution in [-0.2, 0) is 30.4 Å². The van der Waals surface area contributed by atoms with E-state index < -0.39 is 82.5 Å². The molecule has 242 valence electrons. The fourth-order valence-corrected chi connectivity index (χ4v) is 5.44. The maximum Gasteiger partial charge on any atom is 0.316 e. The van der Waals surface area contributed by atoms with Crippen LogP contribution in [0.3, 0.4) is 0 Å². The van der Waals surface area contributed by atoms with Crippen molar-refractivity contribution in [2.24, 2.45) is 11.8 Å². The third kappa shape index (κ3) is 7.43. The first-order valence-corrected chi connectivity index (χ1v) is 14.6. The number of ether oxygens (including phenoxy) is 1. The van der Waals surface area contributed by atoms with Crippen molar-refractivity contribution in [2.45, 2.75) is 64.6 Å². The second-order valence-electron chi connectivity index (χ2n) is 11.5. The molecule has 2 aromatic carbocycles. The average molecular weight is 635 g/mol. The minimum absolute atomic E-state index is 0.00921. The highest BCUT2D eigenvalue weighted by Gasteiger charge is 2.42. The van der Waals surface area contributed by atoms with Gasteiger partial charge in [0.15, 0.2) is 29.3 Å². The Balaban J connectivity index is 1.51. The molecule has 1 saturated heterocycles. The maximum absolute atomic E-state index is 14.4. The van der Waals surface area contributed by atoms with E-state index in [1.807, 2.05) is 12.1 Å². The van der Waals surface area contributed by atoms with Gasteiger partial charge in [-0.2, -0.15) is 8.78 Å². The summed E-state index contributed by atoms with van der Waals surface area (Å²) in [4.78, 5) is 66.8. The first-order valence-electron chi connectivity index (χ1n) is 14.6. The number of nitrogens with zero attached hydrogens (tertiary/aromatic N) is 1. The van der Waals surface area contributed by atoms with Gasteiger partial charge in [0.25, 0.3) is 0 Å². The van der Waals surface area contributed by atoms with Crippen molar-refractivity contribution in [3.05, 3.63) is 59.2 Å². The Kier molecular flexibility index (Phi) is 10.5. The monoisotopic (exact) mass is 634 g/mol. The molecule has 2 aliphatic heterocycles. The molecule has 4 atom stereocenters. The number of para-hydroxylation sites is 1. The number of nitrogens with one attached hydrogen (secondary N) is 3. The van der Waals surface area contributed by atoms with E-state index in [9.17, 15) is 41.5 Å². The van der Waals surface area contributed by atoms with Crippen molar-refractivity contribution in [1.82, 2.24) is 16.0 Å². The molecule has 0 aliphatic carbocycles. The van der Waals surface area contributed by atoms with Gasteiger partial charge in [-0.25, -0.2) is 8.78 Å². The van der Waals surface area contributed by atoms with Gasteiger partial charge in [-0.15, -0.1) is 0 Å². The highest BCUT2D eigenvalue weighted by Crippen LogP contribution is 2.31. The van der Waals surface area contributed by atoms with Crippen LogP contribution in [0.15, 0.2) is 30.3 Å². The molecule has 1 fully saturated rings. The second kappa shape index (κ2) is 14.1. The second-order valence-corrected chi connectivity index (χ2v) is 11.5. The Hall–Kier alpha value is -4.49. The third-order valence-corrected chi connectivity index (χ3v) is 7.72. The van der Waals surface area contributed by atoms with E-state index in [0.717, 1.165) is 12.0 Å². The Morgan fingerprint density at radius 3 is 2.31 bits per heavy atom. The van der Waals surface area contributed by atoms with Crippen molar-refractivity contribution in [2.75, 3.05) is 18.0 Å². The highest BCUT2D eigenvalue weighted by molar-refractivity contribution is 6.40. The third-order valence-electron chi connectivity index (χ3n) is 7.72. The predicted octanol–water partition coefficient (Wildman–Crippen LogP) is 2.71. The van der Waals surface area contributed by atoms with Crippen LogP contribution in [0.2, 0.25) is 0 Å². The van der Waals surface area contributed by atoms with Gasteiger partial charge in [0, 0.05) is 24.8 Å². The Bertz CT molecular complexity index is 1480. The summed E-state index contributed by atoms with van der Waals surface area (Å²) in [7, 11) is 0. The lowest BCUT2D eigenvalue weighted by Crippen LogP contribution is -2.56. The fraction of sp³-hybridized carbons (Fsp3) is 0.452. The van der Waals surface area contributed by atoms with Crippen molar-refractivity contribution in [3.63, 3.8) is 0 Å². The standard InChI is InChI=1S/C31H34F4N4O6/c1-15(2)13-21(38-30(43)31(44)39-12-6-8-17-7-4-5-9-22(17)39)29(42)37-16(3)25(40)26(18-10-11-36-28(18)41)45-27-23(34)19(32)14-20(33)24(27)35/h4-5,7,9,14-16,18,21,26H,6,8,10-13H2,1-3H3,(H,36,41)(H,37,42)(H,38,43)/t16?,18-,21-,26-/m0/s1. The summed E-state index contributed by atoms with van der Waals surface area (Å²) in [5, 5.41) is 7.30. The molecule has 0 bridgehead atoms. The fourth-order valence-electron chi connectivity index (χ4n) is 5.44. The van der Waals surface area contributed by atoms with Crippen LogP contribution in [0.25, 0.3) is 0 Å². The van der Waals surface area contributed by atoms with Crippen LogP contribution < -0.4 is 25.6 Å². The van der Waals surface area contributed by atoms with Crippen LogP contribution >= 0.6 is 0 Å². The number of hydrogen-bond donors (Lipinski definition) is 3. The number of fused-ring (bicyclic) bond motifs is 1. The number of carbonyl (C=O) groups excluding carboxylic acids is 5. The van der Waals surface area contributed by atoms with Gasteiger partial charge in [-0.1, -0.05) is 32.0 Å². The lowest BCUT2D eigenvalue weighted by molar-refractivity contribution is -0.140. The number of benzene rings is 2. The normalized spacial score (nSPS) is 18.0. The zero-order valence-corrected chi connectivity index (χ0v) is 24.9. The zero-order valence-electron chi connectivity index (χ0n) is 24.9. The summed E-state index contributed by atoms with van der Waals surface area (Å²) in [6, 6.07) is 4.41. The van der Waals surface area contributed by atoms with Gasteiger partial charge in [0.05, 0.1) is 12.0 Å². The van der Waals surface area contributed by atoms with Crippen molar-refractivity contribution >= 4 is 35.1 Å². The van der Waals surface area contributed by atoms with E-state index in [4.69, 9.17) is 4.74 Å². The lowest BCUT2D eigenvalue weighted by atomic mass is 9.93. The smallest absolute Gasteiger partial charge is 0.316 e. The van der Waals surface area contributed by atoms with Crippen molar-refractivity contribution < 1.29 is 46.3 Å². The van der Waals surface area contributed by atoms with E-state index >= 15 is 0 Å². The Morgan fingerprint density at radius 2 is 1.69 bits per heavy atom. The number of anilines is 1. The molecule has 1 unspecified atom stereocenters. The number of carbonyl (C=O) groups is 5. The summed E-state index contributed by atoms with van der Waals surface area (Å²) in [5.41, 5.74) is 1.50.